The van der Waals surface area contributed by atoms with Gasteiger partial charge in [0.25, 0.3) is 17.5 Å². The van der Waals surface area contributed by atoms with Gasteiger partial charge in [-0.25, -0.2) is 4.68 Å². The summed E-state index contributed by atoms with van der Waals surface area (Å²) in [5.74, 6) is -1.64. The standard InChI is InChI=1S/C19H14ClN5O5/c1-11-9-16(26)17(23-24(11)14-7-2-3-8-15(14)25(29)30)19(28)22-21-18(27)12-5-4-6-13(20)10-12/h2-10H,1H3,(H,21,27)(H,22,28). The summed E-state index contributed by atoms with van der Waals surface area (Å²) >= 11 is 5.82. The molecule has 1 heterocycles. The molecule has 2 aromatic carbocycles. The Bertz CT molecular complexity index is 1220. The number of amides is 2. The van der Waals surface area contributed by atoms with Gasteiger partial charge in [-0.1, -0.05) is 29.8 Å². The Hall–Kier alpha value is -4.05. The molecule has 1 aromatic heterocycles. The van der Waals surface area contributed by atoms with E-state index in [2.05, 4.69) is 16.0 Å². The number of aryl methyl sites for hydroxylation is 1. The van der Waals surface area contributed by atoms with Gasteiger partial charge >= 0.3 is 0 Å². The Morgan fingerprint density at radius 1 is 1.07 bits per heavy atom. The normalized spacial score (nSPS) is 10.3. The first kappa shape index (κ1) is 20.7. The van der Waals surface area contributed by atoms with Gasteiger partial charge in [-0.15, -0.1) is 0 Å². The highest BCUT2D eigenvalue weighted by molar-refractivity contribution is 6.30. The minimum atomic E-state index is -0.984. The van der Waals surface area contributed by atoms with Crippen LogP contribution in [0.5, 0.6) is 0 Å². The van der Waals surface area contributed by atoms with E-state index in [0.29, 0.717) is 5.02 Å². The highest BCUT2D eigenvalue weighted by Gasteiger charge is 2.20. The fraction of sp³-hybridized carbons (Fsp3) is 0.0526. The second kappa shape index (κ2) is 8.53. The largest absolute Gasteiger partial charge is 0.294 e. The number of hydrogen-bond donors (Lipinski definition) is 2. The number of rotatable bonds is 4. The molecule has 10 nitrogen and oxygen atoms in total. The Kier molecular flexibility index (Phi) is 5.88. The van der Waals surface area contributed by atoms with Gasteiger partial charge in [0.2, 0.25) is 5.43 Å². The second-order valence-corrected chi connectivity index (χ2v) is 6.51. The number of benzene rings is 2. The minimum absolute atomic E-state index is 0.0806. The molecule has 2 N–H and O–H groups in total. The number of aromatic nitrogens is 2. The third-order valence-corrected chi connectivity index (χ3v) is 4.24. The molecule has 11 heteroatoms. The van der Waals surface area contributed by atoms with Gasteiger partial charge in [0.1, 0.15) is 5.69 Å². The lowest BCUT2D eigenvalue weighted by Crippen LogP contribution is -2.44. The maximum Gasteiger partial charge on any atom is 0.294 e. The van der Waals surface area contributed by atoms with Crippen LogP contribution in [0.15, 0.2) is 59.4 Å². The molecule has 0 atom stereocenters. The summed E-state index contributed by atoms with van der Waals surface area (Å²) in [4.78, 5) is 47.5. The van der Waals surface area contributed by atoms with Gasteiger partial charge in [-0.3, -0.25) is 35.3 Å². The van der Waals surface area contributed by atoms with Crippen LogP contribution in [0.2, 0.25) is 5.02 Å². The van der Waals surface area contributed by atoms with E-state index in [0.717, 1.165) is 10.7 Å². The van der Waals surface area contributed by atoms with Crippen molar-refractivity contribution in [3.63, 3.8) is 0 Å². The number of carbonyl (C=O) groups excluding carboxylic acids is 2. The molecule has 0 bridgehead atoms. The molecular formula is C19H14ClN5O5. The summed E-state index contributed by atoms with van der Waals surface area (Å²) in [7, 11) is 0. The molecule has 3 rings (SSSR count). The van der Waals surface area contributed by atoms with Crippen molar-refractivity contribution in [3.05, 3.63) is 96.9 Å². The van der Waals surface area contributed by atoms with Crippen LogP contribution >= 0.6 is 11.6 Å². The summed E-state index contributed by atoms with van der Waals surface area (Å²) in [6, 6.07) is 12.9. The monoisotopic (exact) mass is 427 g/mol. The molecule has 0 unspecified atom stereocenters. The van der Waals surface area contributed by atoms with Crippen molar-refractivity contribution in [3.8, 4) is 5.69 Å². The number of carbonyl (C=O) groups is 2. The lowest BCUT2D eigenvalue weighted by Gasteiger charge is -2.12. The van der Waals surface area contributed by atoms with E-state index in [1.54, 1.807) is 18.2 Å². The summed E-state index contributed by atoms with van der Waals surface area (Å²) in [6.45, 7) is 1.52. The van der Waals surface area contributed by atoms with E-state index in [4.69, 9.17) is 11.6 Å². The van der Waals surface area contributed by atoms with Gasteiger partial charge in [0.05, 0.1) is 4.92 Å². The third kappa shape index (κ3) is 4.33. The molecule has 0 aliphatic rings. The van der Waals surface area contributed by atoms with Crippen molar-refractivity contribution in [1.82, 2.24) is 20.6 Å². The molecule has 0 saturated carbocycles. The highest BCUT2D eigenvalue weighted by Crippen LogP contribution is 2.22. The molecule has 0 saturated heterocycles. The van der Waals surface area contributed by atoms with Crippen molar-refractivity contribution in [1.29, 1.82) is 0 Å². The van der Waals surface area contributed by atoms with E-state index in [-0.39, 0.29) is 22.6 Å². The number of halogens is 1. The highest BCUT2D eigenvalue weighted by atomic mass is 35.5. The van der Waals surface area contributed by atoms with Crippen molar-refractivity contribution >= 4 is 29.1 Å². The van der Waals surface area contributed by atoms with E-state index < -0.39 is 27.9 Å². The third-order valence-electron chi connectivity index (χ3n) is 4.01. The van der Waals surface area contributed by atoms with Gasteiger partial charge in [0, 0.05) is 28.4 Å². The van der Waals surface area contributed by atoms with Crippen LogP contribution in [0.1, 0.15) is 26.5 Å². The Labute approximate surface area is 174 Å². The van der Waals surface area contributed by atoms with Crippen molar-refractivity contribution in [2.24, 2.45) is 0 Å². The molecule has 0 fully saturated rings. The number of nitrogens with zero attached hydrogens (tertiary/aromatic N) is 3. The van der Waals surface area contributed by atoms with Crippen molar-refractivity contribution < 1.29 is 14.5 Å². The van der Waals surface area contributed by atoms with E-state index in [1.807, 2.05) is 0 Å². The van der Waals surface area contributed by atoms with Crippen LogP contribution in [0, 0.1) is 17.0 Å². The van der Waals surface area contributed by atoms with Crippen molar-refractivity contribution in [2.75, 3.05) is 0 Å². The SMILES string of the molecule is Cc1cc(=O)c(C(=O)NNC(=O)c2cccc(Cl)c2)nn1-c1ccccc1[N+](=O)[O-]. The van der Waals surface area contributed by atoms with E-state index >= 15 is 0 Å². The summed E-state index contributed by atoms with van der Waals surface area (Å²) in [5.41, 5.74) is 3.31. The smallest absolute Gasteiger partial charge is 0.287 e. The Balaban J connectivity index is 1.89. The average Bonchev–Trinajstić information content (AvgIpc) is 2.72. The number of hydrazine groups is 1. The molecule has 0 radical (unpaired) electrons. The maximum atomic E-state index is 12.4. The van der Waals surface area contributed by atoms with Crippen LogP contribution in [0.4, 0.5) is 5.69 Å². The van der Waals surface area contributed by atoms with Crippen LogP contribution < -0.4 is 16.3 Å². The predicted molar refractivity (Wildman–Crippen MR) is 108 cm³/mol. The van der Waals surface area contributed by atoms with Crippen LogP contribution in [0.3, 0.4) is 0 Å². The van der Waals surface area contributed by atoms with E-state index in [1.165, 1.54) is 37.3 Å². The molecule has 152 valence electrons. The molecule has 3 aromatic rings. The number of nitrogens with one attached hydrogen (secondary N) is 2. The summed E-state index contributed by atoms with van der Waals surface area (Å²) in [6.07, 6.45) is 0. The first-order chi connectivity index (χ1) is 14.3. The predicted octanol–water partition coefficient (Wildman–Crippen LogP) is 2.18. The Morgan fingerprint density at radius 3 is 2.47 bits per heavy atom. The topological polar surface area (TPSA) is 136 Å². The molecule has 0 spiro atoms. The summed E-state index contributed by atoms with van der Waals surface area (Å²) in [5, 5.41) is 15.6. The number of para-hydroxylation sites is 2. The van der Waals surface area contributed by atoms with Crippen LogP contribution in [-0.4, -0.2) is 26.5 Å². The first-order valence-electron chi connectivity index (χ1n) is 8.49. The molecule has 30 heavy (non-hydrogen) atoms. The van der Waals surface area contributed by atoms with Crippen LogP contribution in [0.25, 0.3) is 5.69 Å². The average molecular weight is 428 g/mol. The lowest BCUT2D eigenvalue weighted by atomic mass is 10.2. The zero-order valence-electron chi connectivity index (χ0n) is 15.5. The number of hydrogen-bond acceptors (Lipinski definition) is 6. The quantitative estimate of drug-likeness (QED) is 0.483. The zero-order valence-corrected chi connectivity index (χ0v) is 16.2. The fourth-order valence-electron chi connectivity index (χ4n) is 2.62. The fourth-order valence-corrected chi connectivity index (χ4v) is 2.81. The first-order valence-corrected chi connectivity index (χ1v) is 8.86. The van der Waals surface area contributed by atoms with Gasteiger partial charge < -0.3 is 0 Å². The van der Waals surface area contributed by atoms with Gasteiger partial charge in [-0.05, 0) is 31.2 Å². The zero-order chi connectivity index (χ0) is 21.8. The van der Waals surface area contributed by atoms with E-state index in [9.17, 15) is 24.5 Å². The van der Waals surface area contributed by atoms with Gasteiger partial charge in [0.15, 0.2) is 5.69 Å². The number of nitro benzene ring substituents is 1. The second-order valence-electron chi connectivity index (χ2n) is 6.07. The summed E-state index contributed by atoms with van der Waals surface area (Å²) < 4.78 is 1.12. The number of nitro groups is 1. The molecule has 0 aliphatic carbocycles. The molecular weight excluding hydrogens is 414 g/mol. The lowest BCUT2D eigenvalue weighted by molar-refractivity contribution is -0.384. The van der Waals surface area contributed by atoms with Crippen molar-refractivity contribution in [2.45, 2.75) is 6.92 Å². The molecule has 0 aliphatic heterocycles. The van der Waals surface area contributed by atoms with Gasteiger partial charge in [-0.2, -0.15) is 5.10 Å². The van der Waals surface area contributed by atoms with Crippen LogP contribution in [-0.2, 0) is 0 Å². The maximum absolute atomic E-state index is 12.4. The minimum Gasteiger partial charge on any atom is -0.287 e. The molecule has 2 amide bonds. The Morgan fingerprint density at radius 2 is 1.77 bits per heavy atom.